The van der Waals surface area contributed by atoms with Gasteiger partial charge in [-0.15, -0.1) is 0 Å². The van der Waals surface area contributed by atoms with Gasteiger partial charge in [-0.3, -0.25) is 0 Å². The molecule has 3 heteroatoms. The van der Waals surface area contributed by atoms with Crippen LogP contribution in [0.15, 0.2) is 0 Å². The third-order valence-corrected chi connectivity index (χ3v) is 15.2. The molecule has 0 radical (unpaired) electrons. The average Bonchev–Trinajstić information content (AvgIpc) is 2.32. The first-order valence-corrected chi connectivity index (χ1v) is 15.8. The van der Waals surface area contributed by atoms with E-state index in [1.807, 2.05) is 0 Å². The fourth-order valence-corrected chi connectivity index (χ4v) is 12.4. The zero-order chi connectivity index (χ0) is 15.5. The molecule has 0 saturated carbocycles. The van der Waals surface area contributed by atoms with Gasteiger partial charge in [0, 0.05) is 0 Å². The molecule has 0 amide bonds. The maximum absolute atomic E-state index is 2.66. The van der Waals surface area contributed by atoms with Crippen molar-refractivity contribution in [3.63, 3.8) is 0 Å². The molecule has 0 spiro atoms. The summed E-state index contributed by atoms with van der Waals surface area (Å²) in [4.78, 5) is 5.00. The van der Waals surface area contributed by atoms with E-state index < -0.39 is 21.4 Å². The Morgan fingerprint density at radius 1 is 0.800 bits per heavy atom. The topological polar surface area (TPSA) is 6.48 Å². The van der Waals surface area contributed by atoms with E-state index in [9.17, 15) is 0 Å². The van der Waals surface area contributed by atoms with E-state index in [-0.39, 0.29) is 0 Å². The summed E-state index contributed by atoms with van der Waals surface area (Å²) in [7, 11) is 4.40. The van der Waals surface area contributed by atoms with Gasteiger partial charge in [0.15, 0.2) is 0 Å². The van der Waals surface area contributed by atoms with E-state index in [1.54, 1.807) is 12.5 Å². The second-order valence-electron chi connectivity index (χ2n) is 7.17. The fraction of sp³-hybridized carbons (Fsp3) is 1.00. The average molecular weight is 386 g/mol. The molecule has 0 aliphatic rings. The van der Waals surface area contributed by atoms with E-state index in [0.29, 0.717) is 12.1 Å². The molecule has 120 valence electrons. The van der Waals surface area contributed by atoms with Crippen molar-refractivity contribution in [3.05, 3.63) is 0 Å². The van der Waals surface area contributed by atoms with Gasteiger partial charge in [0.05, 0.1) is 0 Å². The summed E-state index contributed by atoms with van der Waals surface area (Å²) in [6.07, 6.45) is 4.34. The summed E-state index contributed by atoms with van der Waals surface area (Å²) < 4.78 is 4.87. The van der Waals surface area contributed by atoms with Crippen LogP contribution in [-0.2, 0) is 0 Å². The van der Waals surface area contributed by atoms with Crippen molar-refractivity contribution >= 4 is 21.4 Å². The van der Waals surface area contributed by atoms with Gasteiger partial charge in [0.1, 0.15) is 0 Å². The van der Waals surface area contributed by atoms with Crippen molar-refractivity contribution in [2.24, 2.45) is 0 Å². The van der Waals surface area contributed by atoms with E-state index in [1.165, 1.54) is 32.4 Å². The van der Waals surface area contributed by atoms with Crippen molar-refractivity contribution in [2.45, 2.75) is 78.5 Å². The Labute approximate surface area is 136 Å². The molecule has 0 unspecified atom stereocenters. The third-order valence-electron chi connectivity index (χ3n) is 4.27. The first-order chi connectivity index (χ1) is 9.38. The quantitative estimate of drug-likeness (QED) is 0.492. The van der Waals surface area contributed by atoms with Crippen LogP contribution in [0.5, 0.6) is 0 Å². The van der Waals surface area contributed by atoms with E-state index in [2.05, 4.69) is 58.5 Å². The zero-order valence-electron chi connectivity index (χ0n) is 15.3. The molecule has 0 aromatic carbocycles. The molecular formula is C17H39InN2. The van der Waals surface area contributed by atoms with Crippen LogP contribution in [0.4, 0.5) is 0 Å². The molecule has 0 N–H and O–H groups in total. The van der Waals surface area contributed by atoms with Crippen LogP contribution in [0.1, 0.15) is 53.9 Å². The van der Waals surface area contributed by atoms with Crippen LogP contribution in [-0.4, -0.2) is 70.5 Å². The van der Waals surface area contributed by atoms with Gasteiger partial charge in [0.2, 0.25) is 0 Å². The van der Waals surface area contributed by atoms with Crippen LogP contribution in [0.2, 0.25) is 12.5 Å². The molecule has 0 aromatic rings. The molecule has 0 saturated heterocycles. The van der Waals surface area contributed by atoms with Gasteiger partial charge < -0.3 is 0 Å². The van der Waals surface area contributed by atoms with Crippen LogP contribution in [0, 0.1) is 0 Å². The Balaban J connectivity index is 4.00. The Bertz CT molecular complexity index is 209. The molecule has 0 atom stereocenters. The Morgan fingerprint density at radius 3 is 1.70 bits per heavy atom. The van der Waals surface area contributed by atoms with Crippen molar-refractivity contribution in [1.29, 1.82) is 0 Å². The molecule has 0 aromatic heterocycles. The Kier molecular flexibility index (Phi) is 12.8. The first kappa shape index (κ1) is 20.8. The van der Waals surface area contributed by atoms with Crippen LogP contribution in [0.3, 0.4) is 0 Å². The maximum atomic E-state index is 2.66. The molecule has 0 aliphatic heterocycles. The van der Waals surface area contributed by atoms with Gasteiger partial charge in [-0.05, 0) is 0 Å². The van der Waals surface area contributed by atoms with Gasteiger partial charge in [0.25, 0.3) is 0 Å². The van der Waals surface area contributed by atoms with Crippen molar-refractivity contribution < 1.29 is 0 Å². The summed E-state index contributed by atoms with van der Waals surface area (Å²) >= 11 is -1.19. The summed E-state index contributed by atoms with van der Waals surface area (Å²) in [6.45, 7) is 14.3. The molecular weight excluding hydrogens is 347 g/mol. The zero-order valence-corrected chi connectivity index (χ0v) is 18.6. The number of rotatable bonds is 12. The first-order valence-electron chi connectivity index (χ1n) is 8.78. The number of nitrogens with zero attached hydrogens (tertiary/aromatic N) is 2. The van der Waals surface area contributed by atoms with E-state index >= 15 is 0 Å². The summed E-state index contributed by atoms with van der Waals surface area (Å²) in [5.74, 6) is 0. The normalized spacial score (nSPS) is 12.2. The molecule has 0 fully saturated rings. The molecule has 20 heavy (non-hydrogen) atoms. The van der Waals surface area contributed by atoms with Gasteiger partial charge in [-0.25, -0.2) is 0 Å². The Morgan fingerprint density at radius 2 is 1.30 bits per heavy atom. The molecule has 0 heterocycles. The molecule has 0 aliphatic carbocycles. The van der Waals surface area contributed by atoms with Crippen molar-refractivity contribution in [1.82, 2.24) is 9.80 Å². The van der Waals surface area contributed by atoms with E-state index in [4.69, 9.17) is 0 Å². The van der Waals surface area contributed by atoms with Gasteiger partial charge in [-0.1, -0.05) is 0 Å². The minimum absolute atomic E-state index is 0.698. The van der Waals surface area contributed by atoms with Gasteiger partial charge in [-0.2, -0.15) is 0 Å². The molecule has 0 bridgehead atoms. The fourth-order valence-electron chi connectivity index (χ4n) is 3.21. The number of hydrogen-bond acceptors (Lipinski definition) is 2. The second-order valence-corrected chi connectivity index (χ2v) is 17.1. The molecule has 2 nitrogen and oxygen atoms in total. The standard InChI is InChI=1S/C9H20N.C5H12N.C3H7.In/c1-6-7-10(8(2)3)9(4)5;1-4-5-6(2)3;1-3-2;/h8-9H,1,6-7H2,2-5H3;1,4-5H2,2-3H3;1,3H2,2H3;. The van der Waals surface area contributed by atoms with Crippen LogP contribution >= 0.6 is 0 Å². The summed E-state index contributed by atoms with van der Waals surface area (Å²) in [5.41, 5.74) is 0. The van der Waals surface area contributed by atoms with Crippen molar-refractivity contribution in [3.8, 4) is 0 Å². The van der Waals surface area contributed by atoms with E-state index in [0.717, 1.165) is 0 Å². The predicted octanol–water partition coefficient (Wildman–Crippen LogP) is 4.35. The summed E-state index contributed by atoms with van der Waals surface area (Å²) in [5, 5.41) is 0. The monoisotopic (exact) mass is 386 g/mol. The van der Waals surface area contributed by atoms with Crippen molar-refractivity contribution in [2.75, 3.05) is 27.2 Å². The Hall–Kier alpha value is 0.790. The predicted molar refractivity (Wildman–Crippen MR) is 95.2 cm³/mol. The SMILES string of the molecule is CC[CH2][In]([CH2]CCN(C)C)[CH2]CCN(C(C)C)C(C)C. The second kappa shape index (κ2) is 12.3. The molecule has 0 rings (SSSR count). The number of hydrogen-bond donors (Lipinski definition) is 0. The third kappa shape index (κ3) is 10.5. The summed E-state index contributed by atoms with van der Waals surface area (Å²) in [6, 6.07) is 1.40. The van der Waals surface area contributed by atoms with Crippen LogP contribution in [0.25, 0.3) is 0 Å². The van der Waals surface area contributed by atoms with Crippen LogP contribution < -0.4 is 0 Å². The van der Waals surface area contributed by atoms with Gasteiger partial charge >= 0.3 is 137 Å². The minimum atomic E-state index is -1.19.